The van der Waals surface area contributed by atoms with E-state index in [1.807, 2.05) is 56.3 Å². The number of nitrogens with one attached hydrogen (secondary N) is 2. The Kier molecular flexibility index (Phi) is 7.96. The molecule has 2 aromatic carbocycles. The molecule has 0 saturated heterocycles. The Labute approximate surface area is 155 Å². The van der Waals surface area contributed by atoms with Crippen molar-refractivity contribution in [2.75, 3.05) is 20.3 Å². The van der Waals surface area contributed by atoms with Crippen molar-refractivity contribution < 1.29 is 14.3 Å². The molecule has 5 nitrogen and oxygen atoms in total. The molecule has 0 aliphatic heterocycles. The van der Waals surface area contributed by atoms with Gasteiger partial charge in [0, 0.05) is 25.2 Å². The second-order valence-electron chi connectivity index (χ2n) is 5.98. The monoisotopic (exact) mass is 356 g/mol. The molecule has 140 valence electrons. The van der Waals surface area contributed by atoms with Gasteiger partial charge in [-0.25, -0.2) is 0 Å². The summed E-state index contributed by atoms with van der Waals surface area (Å²) in [6.07, 6.45) is 0.929. The predicted octanol–water partition coefficient (Wildman–Crippen LogP) is 3.52. The van der Waals surface area contributed by atoms with Crippen LogP contribution in [-0.4, -0.2) is 26.2 Å². The number of ether oxygens (including phenoxy) is 2. The first kappa shape index (κ1) is 19.8. The number of carbonyl (C=O) groups excluding carboxylic acids is 1. The third kappa shape index (κ3) is 5.77. The van der Waals surface area contributed by atoms with Crippen molar-refractivity contribution in [3.8, 4) is 11.5 Å². The van der Waals surface area contributed by atoms with Gasteiger partial charge in [-0.2, -0.15) is 0 Å². The summed E-state index contributed by atoms with van der Waals surface area (Å²) in [5, 5.41) is 6.31. The second-order valence-corrected chi connectivity index (χ2v) is 5.98. The molecule has 2 N–H and O–H groups in total. The van der Waals surface area contributed by atoms with Gasteiger partial charge in [0.2, 0.25) is 0 Å². The second kappa shape index (κ2) is 10.5. The maximum Gasteiger partial charge on any atom is 0.251 e. The lowest BCUT2D eigenvalue weighted by atomic mass is 10.1. The van der Waals surface area contributed by atoms with E-state index in [1.165, 1.54) is 0 Å². The smallest absolute Gasteiger partial charge is 0.251 e. The van der Waals surface area contributed by atoms with Crippen LogP contribution in [0, 0.1) is 0 Å². The molecule has 0 spiro atoms. The van der Waals surface area contributed by atoms with E-state index in [0.717, 1.165) is 29.0 Å². The first-order chi connectivity index (χ1) is 12.7. The quantitative estimate of drug-likeness (QED) is 0.684. The third-order valence-electron chi connectivity index (χ3n) is 3.91. The van der Waals surface area contributed by atoms with Crippen molar-refractivity contribution in [2.24, 2.45) is 0 Å². The van der Waals surface area contributed by atoms with Crippen molar-refractivity contribution in [3.63, 3.8) is 0 Å². The maximum atomic E-state index is 12.1. The number of hydrogen-bond acceptors (Lipinski definition) is 4. The fraction of sp³-hybridized carbons (Fsp3) is 0.381. The number of carbonyl (C=O) groups is 1. The van der Waals surface area contributed by atoms with E-state index in [1.54, 1.807) is 7.11 Å². The van der Waals surface area contributed by atoms with Gasteiger partial charge in [0.1, 0.15) is 0 Å². The summed E-state index contributed by atoms with van der Waals surface area (Å²) in [6.45, 7) is 6.67. The molecule has 0 bridgehead atoms. The highest BCUT2D eigenvalue weighted by molar-refractivity contribution is 5.94. The van der Waals surface area contributed by atoms with Crippen LogP contribution in [-0.2, 0) is 13.1 Å². The van der Waals surface area contributed by atoms with Gasteiger partial charge >= 0.3 is 0 Å². The fourth-order valence-corrected chi connectivity index (χ4v) is 2.61. The molecular formula is C21H28N2O3. The summed E-state index contributed by atoms with van der Waals surface area (Å²) < 4.78 is 10.9. The molecule has 2 rings (SSSR count). The van der Waals surface area contributed by atoms with E-state index in [9.17, 15) is 4.79 Å². The summed E-state index contributed by atoms with van der Waals surface area (Å²) in [4.78, 5) is 12.1. The molecular weight excluding hydrogens is 328 g/mol. The van der Waals surface area contributed by atoms with E-state index in [-0.39, 0.29) is 5.91 Å². The first-order valence-electron chi connectivity index (χ1n) is 9.05. The van der Waals surface area contributed by atoms with Gasteiger partial charge in [-0.1, -0.05) is 25.1 Å². The van der Waals surface area contributed by atoms with E-state index >= 15 is 0 Å². The zero-order valence-corrected chi connectivity index (χ0v) is 15.8. The van der Waals surface area contributed by atoms with Crippen LogP contribution in [0.1, 0.15) is 41.8 Å². The Morgan fingerprint density at radius 2 is 1.77 bits per heavy atom. The van der Waals surface area contributed by atoms with Gasteiger partial charge in [0.05, 0.1) is 13.7 Å². The van der Waals surface area contributed by atoms with Gasteiger partial charge in [0.25, 0.3) is 5.91 Å². The Hall–Kier alpha value is -2.53. The summed E-state index contributed by atoms with van der Waals surface area (Å²) in [7, 11) is 1.64. The minimum atomic E-state index is -0.0230. The van der Waals surface area contributed by atoms with Crippen LogP contribution >= 0.6 is 0 Å². The number of hydrogen-bond donors (Lipinski definition) is 2. The van der Waals surface area contributed by atoms with Crippen molar-refractivity contribution >= 4 is 5.91 Å². The summed E-state index contributed by atoms with van der Waals surface area (Å²) in [5.74, 6) is 1.47. The Morgan fingerprint density at radius 1 is 1.00 bits per heavy atom. The molecule has 0 fully saturated rings. The Balaban J connectivity index is 1.93. The molecule has 26 heavy (non-hydrogen) atoms. The number of amides is 1. The normalized spacial score (nSPS) is 10.4. The molecule has 5 heteroatoms. The van der Waals surface area contributed by atoms with E-state index in [2.05, 4.69) is 10.6 Å². The largest absolute Gasteiger partial charge is 0.493 e. The Bertz CT molecular complexity index is 716. The predicted molar refractivity (Wildman–Crippen MR) is 104 cm³/mol. The third-order valence-corrected chi connectivity index (χ3v) is 3.91. The van der Waals surface area contributed by atoms with Crippen LogP contribution in [0.4, 0.5) is 0 Å². The highest BCUT2D eigenvalue weighted by Gasteiger charge is 2.07. The van der Waals surface area contributed by atoms with Crippen LogP contribution in [0.15, 0.2) is 42.5 Å². The van der Waals surface area contributed by atoms with Crippen LogP contribution in [0.25, 0.3) is 0 Å². The zero-order valence-electron chi connectivity index (χ0n) is 15.8. The standard InChI is InChI=1S/C21H28N2O3/c1-4-11-23-21(24)18-8-6-7-16(12-18)14-22-15-17-9-10-19(25-3)20(13-17)26-5-2/h6-10,12-13,22H,4-5,11,14-15H2,1-3H3,(H,23,24). The highest BCUT2D eigenvalue weighted by Crippen LogP contribution is 2.28. The molecule has 0 aromatic heterocycles. The summed E-state index contributed by atoms with van der Waals surface area (Å²) in [6, 6.07) is 13.6. The topological polar surface area (TPSA) is 59.6 Å². The molecule has 0 atom stereocenters. The van der Waals surface area contributed by atoms with Gasteiger partial charge in [-0.3, -0.25) is 4.79 Å². The van der Waals surface area contributed by atoms with Crippen LogP contribution in [0.3, 0.4) is 0 Å². The number of rotatable bonds is 10. The maximum absolute atomic E-state index is 12.1. The highest BCUT2D eigenvalue weighted by atomic mass is 16.5. The van der Waals surface area contributed by atoms with E-state index < -0.39 is 0 Å². The molecule has 0 aliphatic rings. The van der Waals surface area contributed by atoms with Crippen LogP contribution in [0.2, 0.25) is 0 Å². The summed E-state index contributed by atoms with van der Waals surface area (Å²) in [5.41, 5.74) is 2.89. The molecule has 0 radical (unpaired) electrons. The first-order valence-corrected chi connectivity index (χ1v) is 9.05. The summed E-state index contributed by atoms with van der Waals surface area (Å²) >= 11 is 0. The van der Waals surface area contributed by atoms with Gasteiger partial charge < -0.3 is 20.1 Å². The van der Waals surface area contributed by atoms with Gasteiger partial charge in [-0.15, -0.1) is 0 Å². The van der Waals surface area contributed by atoms with E-state index in [4.69, 9.17) is 9.47 Å². The minimum Gasteiger partial charge on any atom is -0.493 e. The lowest BCUT2D eigenvalue weighted by Crippen LogP contribution is -2.24. The molecule has 0 heterocycles. The SMILES string of the molecule is CCCNC(=O)c1cccc(CNCc2ccc(OC)c(OCC)c2)c1. The Morgan fingerprint density at radius 3 is 2.46 bits per heavy atom. The van der Waals surface area contributed by atoms with Crippen molar-refractivity contribution in [1.82, 2.24) is 10.6 Å². The molecule has 0 aliphatic carbocycles. The molecule has 2 aromatic rings. The van der Waals surface area contributed by atoms with Crippen molar-refractivity contribution in [1.29, 1.82) is 0 Å². The average Bonchev–Trinajstić information content (AvgIpc) is 2.67. The van der Waals surface area contributed by atoms with Crippen LogP contribution < -0.4 is 20.1 Å². The van der Waals surface area contributed by atoms with Gasteiger partial charge in [0.15, 0.2) is 11.5 Å². The molecule has 0 unspecified atom stereocenters. The zero-order chi connectivity index (χ0) is 18.8. The lowest BCUT2D eigenvalue weighted by Gasteiger charge is -2.12. The van der Waals surface area contributed by atoms with Gasteiger partial charge in [-0.05, 0) is 48.7 Å². The average molecular weight is 356 g/mol. The lowest BCUT2D eigenvalue weighted by molar-refractivity contribution is 0.0953. The number of methoxy groups -OCH3 is 1. The minimum absolute atomic E-state index is 0.0230. The van der Waals surface area contributed by atoms with Crippen molar-refractivity contribution in [3.05, 3.63) is 59.2 Å². The van der Waals surface area contributed by atoms with Crippen molar-refractivity contribution in [2.45, 2.75) is 33.4 Å². The fourth-order valence-electron chi connectivity index (χ4n) is 2.61. The molecule has 1 amide bonds. The van der Waals surface area contributed by atoms with Crippen LogP contribution in [0.5, 0.6) is 11.5 Å². The van der Waals surface area contributed by atoms with E-state index in [0.29, 0.717) is 31.8 Å². The number of benzene rings is 2. The molecule has 0 saturated carbocycles.